The van der Waals surface area contributed by atoms with Crippen molar-refractivity contribution in [2.75, 3.05) is 25.9 Å². The highest BCUT2D eigenvalue weighted by Crippen LogP contribution is 2.20. The number of piperidine rings is 1. The van der Waals surface area contributed by atoms with Crippen LogP contribution >= 0.6 is 0 Å². The van der Waals surface area contributed by atoms with Crippen LogP contribution in [-0.2, 0) is 10.0 Å². The van der Waals surface area contributed by atoms with Crippen LogP contribution in [0.25, 0.3) is 0 Å². The van der Waals surface area contributed by atoms with Crippen molar-refractivity contribution in [2.24, 2.45) is 0 Å². The zero-order chi connectivity index (χ0) is 17.9. The fourth-order valence-corrected chi connectivity index (χ4v) is 3.80. The molecule has 0 radical (unpaired) electrons. The van der Waals surface area contributed by atoms with Gasteiger partial charge in [0.1, 0.15) is 5.69 Å². The molecule has 1 aromatic heterocycles. The first-order valence-corrected chi connectivity index (χ1v) is 9.31. The van der Waals surface area contributed by atoms with Crippen LogP contribution < -0.4 is 0 Å². The molecule has 24 heavy (non-hydrogen) atoms. The Balaban J connectivity index is 2.03. The summed E-state index contributed by atoms with van der Waals surface area (Å²) in [5.74, 6) is -1.40. The Morgan fingerprint density at radius 1 is 1.38 bits per heavy atom. The third-order valence-electron chi connectivity index (χ3n) is 4.30. The molecule has 0 atom stereocenters. The molecule has 1 aliphatic heterocycles. The highest BCUT2D eigenvalue weighted by molar-refractivity contribution is 7.89. The molecule has 0 unspecified atom stereocenters. The van der Waals surface area contributed by atoms with Gasteiger partial charge in [0.15, 0.2) is 0 Å². The molecule has 0 aromatic carbocycles. The molecule has 8 nitrogen and oxygen atoms in total. The molecule has 1 aliphatic rings. The summed E-state index contributed by atoms with van der Waals surface area (Å²) < 4.78 is 25.2. The van der Waals surface area contributed by atoms with E-state index in [1.165, 1.54) is 22.6 Å². The number of pyridine rings is 1. The van der Waals surface area contributed by atoms with Gasteiger partial charge in [-0.25, -0.2) is 22.5 Å². The molecule has 1 fully saturated rings. The van der Waals surface area contributed by atoms with Crippen LogP contribution in [0.1, 0.15) is 40.6 Å². The fraction of sp³-hybridized carbons (Fsp3) is 0.533. The van der Waals surface area contributed by atoms with E-state index >= 15 is 0 Å². The summed E-state index contributed by atoms with van der Waals surface area (Å²) in [6.07, 6.45) is 2.40. The van der Waals surface area contributed by atoms with Gasteiger partial charge in [0.25, 0.3) is 5.91 Å². The monoisotopic (exact) mass is 355 g/mol. The van der Waals surface area contributed by atoms with E-state index in [2.05, 4.69) is 4.98 Å². The van der Waals surface area contributed by atoms with Crippen molar-refractivity contribution in [3.63, 3.8) is 0 Å². The summed E-state index contributed by atoms with van der Waals surface area (Å²) in [7, 11) is -1.67. The Morgan fingerprint density at radius 3 is 2.54 bits per heavy atom. The van der Waals surface area contributed by atoms with E-state index in [4.69, 9.17) is 5.11 Å². The number of amides is 1. The third-order valence-corrected chi connectivity index (χ3v) is 6.20. The van der Waals surface area contributed by atoms with Crippen LogP contribution in [0.5, 0.6) is 0 Å². The maximum Gasteiger partial charge on any atom is 0.354 e. The predicted octanol–water partition coefficient (Wildman–Crippen LogP) is 0.666. The second-order valence-electron chi connectivity index (χ2n) is 5.68. The number of hydrogen-bond donors (Lipinski definition) is 1. The van der Waals surface area contributed by atoms with Gasteiger partial charge >= 0.3 is 5.97 Å². The maximum atomic E-state index is 12.5. The van der Waals surface area contributed by atoms with Gasteiger partial charge in [0, 0.05) is 37.9 Å². The van der Waals surface area contributed by atoms with Crippen molar-refractivity contribution in [3.8, 4) is 0 Å². The first-order valence-electron chi connectivity index (χ1n) is 7.70. The Kier molecular flexibility index (Phi) is 5.55. The summed E-state index contributed by atoms with van der Waals surface area (Å²) in [4.78, 5) is 28.7. The minimum Gasteiger partial charge on any atom is -0.477 e. The van der Waals surface area contributed by atoms with E-state index in [1.807, 2.05) is 0 Å². The predicted molar refractivity (Wildman–Crippen MR) is 87.3 cm³/mol. The number of carboxylic acid groups (broad SMARTS) is 1. The molecule has 0 bridgehead atoms. The van der Waals surface area contributed by atoms with Crippen LogP contribution in [0, 0.1) is 0 Å². The van der Waals surface area contributed by atoms with Gasteiger partial charge < -0.3 is 10.0 Å². The van der Waals surface area contributed by atoms with Gasteiger partial charge in [0.2, 0.25) is 10.0 Å². The smallest absolute Gasteiger partial charge is 0.354 e. The van der Waals surface area contributed by atoms with Crippen LogP contribution in [-0.4, -0.2) is 71.5 Å². The van der Waals surface area contributed by atoms with Gasteiger partial charge in [-0.2, -0.15) is 0 Å². The SMILES string of the molecule is CCS(=O)(=O)N(C)C1CCN(C(=O)c2ccnc(C(=O)O)c2)CC1. The number of carboxylic acids is 1. The number of aromatic nitrogens is 1. The molecule has 2 rings (SSSR count). The quantitative estimate of drug-likeness (QED) is 0.831. The average molecular weight is 355 g/mol. The number of sulfonamides is 1. The van der Waals surface area contributed by atoms with Crippen LogP contribution in [0.3, 0.4) is 0 Å². The first-order chi connectivity index (χ1) is 11.3. The standard InChI is InChI=1S/C15H21N3O5S/c1-3-24(22,23)17(2)12-5-8-18(9-6-12)14(19)11-4-7-16-13(10-11)15(20)21/h4,7,10,12H,3,5-6,8-9H2,1-2H3,(H,20,21). The molecule has 0 aliphatic carbocycles. The minimum atomic E-state index is -3.25. The topological polar surface area (TPSA) is 108 Å². The van der Waals surface area contributed by atoms with Crippen molar-refractivity contribution < 1.29 is 23.1 Å². The number of carbonyl (C=O) groups is 2. The third kappa shape index (κ3) is 3.90. The molecule has 2 heterocycles. The van der Waals surface area contributed by atoms with Crippen LogP contribution in [0.15, 0.2) is 18.3 Å². The lowest BCUT2D eigenvalue weighted by molar-refractivity contribution is 0.0685. The van der Waals surface area contributed by atoms with Crippen molar-refractivity contribution in [2.45, 2.75) is 25.8 Å². The average Bonchev–Trinajstić information content (AvgIpc) is 2.60. The molecule has 1 amide bonds. The summed E-state index contributed by atoms with van der Waals surface area (Å²) in [5.41, 5.74) is 0.0971. The maximum absolute atomic E-state index is 12.5. The molecule has 9 heteroatoms. The Morgan fingerprint density at radius 2 is 2.00 bits per heavy atom. The number of rotatable bonds is 5. The Bertz CT molecular complexity index is 726. The molecule has 1 N–H and O–H groups in total. The highest BCUT2D eigenvalue weighted by Gasteiger charge is 2.30. The number of nitrogens with zero attached hydrogens (tertiary/aromatic N) is 3. The lowest BCUT2D eigenvalue weighted by Crippen LogP contribution is -2.47. The van der Waals surface area contributed by atoms with Crippen molar-refractivity contribution in [3.05, 3.63) is 29.6 Å². The second kappa shape index (κ2) is 7.27. The van der Waals surface area contributed by atoms with Gasteiger partial charge in [0.05, 0.1) is 5.75 Å². The summed E-state index contributed by atoms with van der Waals surface area (Å²) in [6, 6.07) is 2.62. The normalized spacial score (nSPS) is 16.4. The van der Waals surface area contributed by atoms with Crippen LogP contribution in [0.2, 0.25) is 0 Å². The molecule has 1 aromatic rings. The van der Waals surface area contributed by atoms with E-state index < -0.39 is 16.0 Å². The zero-order valence-electron chi connectivity index (χ0n) is 13.7. The lowest BCUT2D eigenvalue weighted by Gasteiger charge is -2.36. The summed E-state index contributed by atoms with van der Waals surface area (Å²) in [5, 5.41) is 8.95. The Hall–Kier alpha value is -2.00. The number of hydrogen-bond acceptors (Lipinski definition) is 5. The van der Waals surface area contributed by atoms with E-state index in [1.54, 1.807) is 18.9 Å². The van der Waals surface area contributed by atoms with Crippen molar-refractivity contribution in [1.82, 2.24) is 14.2 Å². The molecule has 1 saturated heterocycles. The molecular weight excluding hydrogens is 334 g/mol. The molecular formula is C15H21N3O5S. The van der Waals surface area contributed by atoms with Crippen molar-refractivity contribution >= 4 is 21.9 Å². The van der Waals surface area contributed by atoms with E-state index in [0.717, 1.165) is 0 Å². The van der Waals surface area contributed by atoms with E-state index in [-0.39, 0.29) is 29.0 Å². The molecule has 132 valence electrons. The zero-order valence-corrected chi connectivity index (χ0v) is 14.5. The lowest BCUT2D eigenvalue weighted by atomic mass is 10.0. The highest BCUT2D eigenvalue weighted by atomic mass is 32.2. The van der Waals surface area contributed by atoms with E-state index in [0.29, 0.717) is 25.9 Å². The van der Waals surface area contributed by atoms with Crippen molar-refractivity contribution in [1.29, 1.82) is 0 Å². The number of aromatic carboxylic acids is 1. The van der Waals surface area contributed by atoms with Gasteiger partial charge in [-0.1, -0.05) is 0 Å². The van der Waals surface area contributed by atoms with Gasteiger partial charge in [-0.3, -0.25) is 4.79 Å². The van der Waals surface area contributed by atoms with Crippen LogP contribution in [0.4, 0.5) is 0 Å². The fourth-order valence-electron chi connectivity index (χ4n) is 2.73. The summed E-state index contributed by atoms with van der Waals surface area (Å²) in [6.45, 7) is 2.46. The molecule has 0 saturated carbocycles. The summed E-state index contributed by atoms with van der Waals surface area (Å²) >= 11 is 0. The first kappa shape index (κ1) is 18.3. The Labute approximate surface area is 141 Å². The molecule has 0 spiro atoms. The van der Waals surface area contributed by atoms with E-state index in [9.17, 15) is 18.0 Å². The van der Waals surface area contributed by atoms with Gasteiger partial charge in [-0.15, -0.1) is 0 Å². The second-order valence-corrected chi connectivity index (χ2v) is 7.99. The minimum absolute atomic E-state index is 0.0532. The number of likely N-dealkylation sites (tertiary alicyclic amines) is 1. The largest absolute Gasteiger partial charge is 0.477 e. The van der Waals surface area contributed by atoms with Gasteiger partial charge in [-0.05, 0) is 31.9 Å². The number of carbonyl (C=O) groups excluding carboxylic acids is 1.